The summed E-state index contributed by atoms with van der Waals surface area (Å²) in [5.41, 5.74) is 0. The average molecular weight is 167 g/mol. The van der Waals surface area contributed by atoms with Crippen molar-refractivity contribution in [1.29, 1.82) is 0 Å². The van der Waals surface area contributed by atoms with Gasteiger partial charge in [-0.05, 0) is 18.1 Å². The van der Waals surface area contributed by atoms with E-state index in [-0.39, 0.29) is 11.7 Å². The molecule has 0 bridgehead atoms. The molecule has 1 aromatic heterocycles. The van der Waals surface area contributed by atoms with Gasteiger partial charge in [0.15, 0.2) is 0 Å². The standard InChI is InChI=1S/C6H9N5O/c1-11(4-2-3-4)6(12)5-7-9-10-8-5/h4H,2-3H2,1H3,(H,7,8,9,10). The lowest BCUT2D eigenvalue weighted by Gasteiger charge is -2.12. The van der Waals surface area contributed by atoms with Gasteiger partial charge in [-0.2, -0.15) is 5.21 Å². The zero-order valence-corrected chi connectivity index (χ0v) is 6.69. The van der Waals surface area contributed by atoms with Gasteiger partial charge in [0, 0.05) is 13.1 Å². The summed E-state index contributed by atoms with van der Waals surface area (Å²) in [5, 5.41) is 12.8. The molecule has 0 aliphatic heterocycles. The third kappa shape index (κ3) is 1.15. The Morgan fingerprint density at radius 2 is 2.42 bits per heavy atom. The molecule has 1 amide bonds. The summed E-state index contributed by atoms with van der Waals surface area (Å²) < 4.78 is 0. The van der Waals surface area contributed by atoms with E-state index in [4.69, 9.17) is 0 Å². The van der Waals surface area contributed by atoms with Crippen LogP contribution >= 0.6 is 0 Å². The van der Waals surface area contributed by atoms with E-state index in [2.05, 4.69) is 20.6 Å². The minimum Gasteiger partial charge on any atom is -0.336 e. The summed E-state index contributed by atoms with van der Waals surface area (Å²) in [6.07, 6.45) is 2.17. The Morgan fingerprint density at radius 3 is 2.92 bits per heavy atom. The fourth-order valence-electron chi connectivity index (χ4n) is 1.04. The number of aromatic nitrogens is 4. The van der Waals surface area contributed by atoms with Crippen molar-refractivity contribution in [3.63, 3.8) is 0 Å². The summed E-state index contributed by atoms with van der Waals surface area (Å²) in [6.45, 7) is 0. The molecule has 1 heterocycles. The number of carbonyl (C=O) groups excluding carboxylic acids is 1. The van der Waals surface area contributed by atoms with Crippen LogP contribution in [0.2, 0.25) is 0 Å². The zero-order chi connectivity index (χ0) is 8.55. The molecule has 0 atom stereocenters. The molecule has 1 fully saturated rings. The van der Waals surface area contributed by atoms with E-state index in [1.807, 2.05) is 0 Å². The van der Waals surface area contributed by atoms with Crippen molar-refractivity contribution in [2.75, 3.05) is 7.05 Å². The molecule has 1 N–H and O–H groups in total. The molecule has 0 aromatic carbocycles. The predicted molar refractivity (Wildman–Crippen MR) is 39.3 cm³/mol. The Labute approximate surface area is 68.9 Å². The Balaban J connectivity index is 2.09. The van der Waals surface area contributed by atoms with Crippen LogP contribution in [0, 0.1) is 0 Å². The summed E-state index contributed by atoms with van der Waals surface area (Å²) in [6, 6.07) is 0.385. The monoisotopic (exact) mass is 167 g/mol. The van der Waals surface area contributed by atoms with Gasteiger partial charge in [-0.3, -0.25) is 4.79 Å². The van der Waals surface area contributed by atoms with Crippen LogP contribution in [-0.2, 0) is 0 Å². The van der Waals surface area contributed by atoms with E-state index in [0.717, 1.165) is 12.8 Å². The van der Waals surface area contributed by atoms with Crippen LogP contribution in [0.1, 0.15) is 23.5 Å². The lowest BCUT2D eigenvalue weighted by Crippen LogP contribution is -2.29. The lowest BCUT2D eigenvalue weighted by atomic mass is 10.5. The summed E-state index contributed by atoms with van der Waals surface area (Å²) in [7, 11) is 1.76. The van der Waals surface area contributed by atoms with E-state index in [9.17, 15) is 4.79 Å². The van der Waals surface area contributed by atoms with Crippen LogP contribution in [0.3, 0.4) is 0 Å². The fourth-order valence-corrected chi connectivity index (χ4v) is 1.04. The van der Waals surface area contributed by atoms with E-state index in [0.29, 0.717) is 6.04 Å². The van der Waals surface area contributed by atoms with Gasteiger partial charge in [0.2, 0.25) is 0 Å². The average Bonchev–Trinajstić information content (AvgIpc) is 2.79. The highest BCUT2D eigenvalue weighted by molar-refractivity contribution is 5.90. The van der Waals surface area contributed by atoms with Gasteiger partial charge in [-0.1, -0.05) is 0 Å². The second-order valence-electron chi connectivity index (χ2n) is 2.88. The molecule has 64 valence electrons. The Hall–Kier alpha value is -1.46. The molecule has 1 aromatic rings. The van der Waals surface area contributed by atoms with Crippen LogP contribution < -0.4 is 0 Å². The SMILES string of the molecule is CN(C(=O)c1nn[nH]n1)C1CC1. The maximum absolute atomic E-state index is 11.4. The molecule has 0 saturated heterocycles. The van der Waals surface area contributed by atoms with Crippen molar-refractivity contribution in [3.05, 3.63) is 5.82 Å². The van der Waals surface area contributed by atoms with Crippen molar-refractivity contribution < 1.29 is 4.79 Å². The van der Waals surface area contributed by atoms with Gasteiger partial charge in [-0.25, -0.2) is 0 Å². The highest BCUT2D eigenvalue weighted by Gasteiger charge is 2.31. The van der Waals surface area contributed by atoms with Crippen molar-refractivity contribution in [2.45, 2.75) is 18.9 Å². The first-order chi connectivity index (χ1) is 5.79. The summed E-state index contributed by atoms with van der Waals surface area (Å²) in [5.74, 6) is -0.0179. The minimum absolute atomic E-state index is 0.143. The molecule has 0 radical (unpaired) electrons. The van der Waals surface area contributed by atoms with Gasteiger partial charge in [-0.15, -0.1) is 10.2 Å². The molecule has 1 saturated carbocycles. The fraction of sp³-hybridized carbons (Fsp3) is 0.667. The minimum atomic E-state index is -0.161. The molecule has 0 unspecified atom stereocenters. The third-order valence-corrected chi connectivity index (χ3v) is 1.95. The first-order valence-corrected chi connectivity index (χ1v) is 3.79. The van der Waals surface area contributed by atoms with Gasteiger partial charge >= 0.3 is 0 Å². The lowest BCUT2D eigenvalue weighted by molar-refractivity contribution is 0.0773. The summed E-state index contributed by atoms with van der Waals surface area (Å²) in [4.78, 5) is 13.1. The summed E-state index contributed by atoms with van der Waals surface area (Å²) >= 11 is 0. The maximum atomic E-state index is 11.4. The van der Waals surface area contributed by atoms with Crippen molar-refractivity contribution in [3.8, 4) is 0 Å². The van der Waals surface area contributed by atoms with Crippen LogP contribution in [0.25, 0.3) is 0 Å². The predicted octanol–water partition coefficient (Wildman–Crippen LogP) is -0.566. The first kappa shape index (κ1) is 7.20. The highest BCUT2D eigenvalue weighted by Crippen LogP contribution is 2.25. The van der Waals surface area contributed by atoms with Crippen LogP contribution in [-0.4, -0.2) is 44.5 Å². The largest absolute Gasteiger partial charge is 0.336 e. The number of carbonyl (C=O) groups is 1. The molecule has 12 heavy (non-hydrogen) atoms. The van der Waals surface area contributed by atoms with E-state index >= 15 is 0 Å². The quantitative estimate of drug-likeness (QED) is 0.640. The number of aromatic amines is 1. The Bertz CT molecular complexity index is 278. The van der Waals surface area contributed by atoms with Crippen molar-refractivity contribution in [1.82, 2.24) is 25.5 Å². The number of hydrogen-bond donors (Lipinski definition) is 1. The maximum Gasteiger partial charge on any atom is 0.295 e. The number of H-pyrrole nitrogens is 1. The molecular formula is C6H9N5O. The van der Waals surface area contributed by atoms with Gasteiger partial charge < -0.3 is 4.90 Å². The first-order valence-electron chi connectivity index (χ1n) is 3.79. The second-order valence-corrected chi connectivity index (χ2v) is 2.88. The molecular weight excluding hydrogens is 158 g/mol. The van der Waals surface area contributed by atoms with E-state index in [1.165, 1.54) is 0 Å². The molecule has 6 heteroatoms. The van der Waals surface area contributed by atoms with Crippen molar-refractivity contribution >= 4 is 5.91 Å². The van der Waals surface area contributed by atoms with Crippen molar-refractivity contribution in [2.24, 2.45) is 0 Å². The molecule has 0 spiro atoms. The number of nitrogens with one attached hydrogen (secondary N) is 1. The molecule has 2 rings (SSSR count). The Morgan fingerprint density at radius 1 is 1.67 bits per heavy atom. The third-order valence-electron chi connectivity index (χ3n) is 1.95. The van der Waals surface area contributed by atoms with Crippen LogP contribution in [0.15, 0.2) is 0 Å². The second kappa shape index (κ2) is 2.54. The number of nitrogens with zero attached hydrogens (tertiary/aromatic N) is 4. The normalized spacial score (nSPS) is 16.1. The zero-order valence-electron chi connectivity index (χ0n) is 6.69. The smallest absolute Gasteiger partial charge is 0.295 e. The topological polar surface area (TPSA) is 74.8 Å². The highest BCUT2D eigenvalue weighted by atomic mass is 16.2. The molecule has 1 aliphatic carbocycles. The van der Waals surface area contributed by atoms with Gasteiger partial charge in [0.25, 0.3) is 11.7 Å². The van der Waals surface area contributed by atoms with Crippen LogP contribution in [0.5, 0.6) is 0 Å². The molecule has 1 aliphatic rings. The van der Waals surface area contributed by atoms with Crippen LogP contribution in [0.4, 0.5) is 0 Å². The Kier molecular flexibility index (Phi) is 1.53. The van der Waals surface area contributed by atoms with E-state index < -0.39 is 0 Å². The number of amides is 1. The van der Waals surface area contributed by atoms with E-state index in [1.54, 1.807) is 11.9 Å². The number of rotatable bonds is 2. The number of hydrogen-bond acceptors (Lipinski definition) is 4. The molecule has 6 nitrogen and oxygen atoms in total. The number of tetrazole rings is 1. The van der Waals surface area contributed by atoms with Gasteiger partial charge in [0.05, 0.1) is 0 Å². The van der Waals surface area contributed by atoms with Gasteiger partial charge in [0.1, 0.15) is 0 Å².